The van der Waals surface area contributed by atoms with Crippen molar-refractivity contribution in [2.75, 3.05) is 33.2 Å². The number of aromatic nitrogens is 3. The van der Waals surface area contributed by atoms with Gasteiger partial charge >= 0.3 is 0 Å². The van der Waals surface area contributed by atoms with E-state index in [2.05, 4.69) is 22.0 Å². The molecule has 1 amide bonds. The van der Waals surface area contributed by atoms with E-state index in [0.717, 1.165) is 44.6 Å². The Kier molecular flexibility index (Phi) is 4.74. The molecule has 2 fully saturated rings. The van der Waals surface area contributed by atoms with Crippen LogP contribution in [0.2, 0.25) is 0 Å². The highest BCUT2D eigenvalue weighted by Gasteiger charge is 2.45. The fourth-order valence-corrected chi connectivity index (χ4v) is 4.61. The van der Waals surface area contributed by atoms with Gasteiger partial charge in [-0.1, -0.05) is 6.07 Å². The van der Waals surface area contributed by atoms with Crippen molar-refractivity contribution in [3.63, 3.8) is 0 Å². The van der Waals surface area contributed by atoms with Crippen LogP contribution >= 0.6 is 0 Å². The lowest BCUT2D eigenvalue weighted by Crippen LogP contribution is -2.59. The second-order valence-electron chi connectivity index (χ2n) is 7.98. The maximum Gasteiger partial charge on any atom is 0.257 e. The summed E-state index contributed by atoms with van der Waals surface area (Å²) in [5.74, 6) is 0.697. The Hall–Kier alpha value is -2.25. The molecule has 2 aliphatic rings. The van der Waals surface area contributed by atoms with E-state index in [1.54, 1.807) is 17.1 Å². The molecule has 2 aromatic heterocycles. The zero-order valence-corrected chi connectivity index (χ0v) is 16.0. The molecule has 7 nitrogen and oxygen atoms in total. The van der Waals surface area contributed by atoms with Crippen LogP contribution in [0.4, 0.5) is 0 Å². The first-order valence-corrected chi connectivity index (χ1v) is 9.62. The molecule has 0 aliphatic carbocycles. The van der Waals surface area contributed by atoms with Gasteiger partial charge < -0.3 is 14.9 Å². The lowest BCUT2D eigenvalue weighted by Gasteiger charge is -2.50. The van der Waals surface area contributed by atoms with Crippen LogP contribution in [0, 0.1) is 12.3 Å². The second kappa shape index (κ2) is 7.05. The summed E-state index contributed by atoms with van der Waals surface area (Å²) in [6.45, 7) is 4.98. The van der Waals surface area contributed by atoms with E-state index in [0.29, 0.717) is 17.9 Å². The van der Waals surface area contributed by atoms with Gasteiger partial charge in [-0.05, 0) is 45.4 Å². The summed E-state index contributed by atoms with van der Waals surface area (Å²) in [6.07, 6.45) is 5.67. The molecule has 7 heteroatoms. The molecule has 0 saturated carbocycles. The zero-order valence-electron chi connectivity index (χ0n) is 16.0. The highest BCUT2D eigenvalue weighted by molar-refractivity contribution is 5.95. The Balaban J connectivity index is 1.57. The number of carbonyl (C=O) groups is 1. The molecule has 1 spiro atoms. The van der Waals surface area contributed by atoms with Gasteiger partial charge in [0, 0.05) is 37.8 Å². The van der Waals surface area contributed by atoms with Gasteiger partial charge in [-0.15, -0.1) is 0 Å². The molecule has 1 N–H and O–H groups in total. The molecule has 0 aromatic carbocycles. The third-order valence-electron chi connectivity index (χ3n) is 6.08. The summed E-state index contributed by atoms with van der Waals surface area (Å²) in [5, 5.41) is 15.1. The van der Waals surface area contributed by atoms with Crippen molar-refractivity contribution >= 4 is 5.91 Å². The molecular weight excluding hydrogens is 342 g/mol. The van der Waals surface area contributed by atoms with Gasteiger partial charge in [-0.2, -0.15) is 5.10 Å². The van der Waals surface area contributed by atoms with Crippen molar-refractivity contribution in [1.82, 2.24) is 24.6 Å². The first-order valence-electron chi connectivity index (χ1n) is 9.62. The van der Waals surface area contributed by atoms with E-state index in [9.17, 15) is 9.90 Å². The van der Waals surface area contributed by atoms with E-state index >= 15 is 0 Å². The largest absolute Gasteiger partial charge is 0.392 e. The quantitative estimate of drug-likeness (QED) is 0.868. The van der Waals surface area contributed by atoms with Crippen LogP contribution in [0.3, 0.4) is 0 Å². The number of pyridine rings is 1. The first kappa shape index (κ1) is 18.1. The predicted octanol–water partition coefficient (Wildman–Crippen LogP) is 1.49. The maximum atomic E-state index is 13.2. The number of nitrogens with zero attached hydrogens (tertiary/aromatic N) is 5. The zero-order chi connectivity index (χ0) is 19.0. The molecule has 4 rings (SSSR count). The third-order valence-corrected chi connectivity index (χ3v) is 6.08. The highest BCUT2D eigenvalue weighted by Crippen LogP contribution is 2.38. The second-order valence-corrected chi connectivity index (χ2v) is 7.98. The van der Waals surface area contributed by atoms with Gasteiger partial charge in [0.25, 0.3) is 5.91 Å². The fourth-order valence-electron chi connectivity index (χ4n) is 4.61. The molecule has 2 atom stereocenters. The van der Waals surface area contributed by atoms with Crippen molar-refractivity contribution in [2.45, 2.75) is 32.3 Å². The molecule has 0 unspecified atom stereocenters. The molecule has 0 radical (unpaired) electrons. The lowest BCUT2D eigenvalue weighted by molar-refractivity contribution is -0.0731. The Bertz CT molecular complexity index is 821. The molecular formula is C20H27N5O2. The van der Waals surface area contributed by atoms with E-state index in [4.69, 9.17) is 0 Å². The number of aliphatic hydroxyl groups excluding tert-OH is 1. The van der Waals surface area contributed by atoms with Crippen molar-refractivity contribution < 1.29 is 9.90 Å². The molecule has 2 aromatic rings. The molecule has 144 valence electrons. The Morgan fingerprint density at radius 3 is 2.93 bits per heavy atom. The Morgan fingerprint density at radius 1 is 1.30 bits per heavy atom. The Labute approximate surface area is 159 Å². The van der Waals surface area contributed by atoms with Crippen molar-refractivity contribution in [1.29, 1.82) is 0 Å². The van der Waals surface area contributed by atoms with Crippen molar-refractivity contribution in [3.05, 3.63) is 41.9 Å². The van der Waals surface area contributed by atoms with E-state index in [-0.39, 0.29) is 17.4 Å². The SMILES string of the molecule is Cc1c(C(=O)N2CCC[C@]3(CN(C)CC[C@@H]3O)C2)cnn1-c1ccccn1. The van der Waals surface area contributed by atoms with Gasteiger partial charge in [0.15, 0.2) is 5.82 Å². The molecule has 27 heavy (non-hydrogen) atoms. The van der Waals surface area contributed by atoms with Crippen LogP contribution < -0.4 is 0 Å². The van der Waals surface area contributed by atoms with E-state index < -0.39 is 0 Å². The maximum absolute atomic E-state index is 13.2. The van der Waals surface area contributed by atoms with Gasteiger partial charge in [0.05, 0.1) is 23.6 Å². The monoisotopic (exact) mass is 369 g/mol. The smallest absolute Gasteiger partial charge is 0.257 e. The van der Waals surface area contributed by atoms with Crippen molar-refractivity contribution in [3.8, 4) is 5.82 Å². The van der Waals surface area contributed by atoms with Crippen LogP contribution in [0.1, 0.15) is 35.3 Å². The summed E-state index contributed by atoms with van der Waals surface area (Å²) >= 11 is 0. The number of likely N-dealkylation sites (tertiary alicyclic amines) is 2. The third kappa shape index (κ3) is 3.26. The van der Waals surface area contributed by atoms with Gasteiger partial charge in [-0.3, -0.25) is 4.79 Å². The fraction of sp³-hybridized carbons (Fsp3) is 0.550. The highest BCUT2D eigenvalue weighted by atomic mass is 16.3. The van der Waals surface area contributed by atoms with Crippen LogP contribution in [-0.4, -0.2) is 74.9 Å². The number of hydrogen-bond donors (Lipinski definition) is 1. The summed E-state index contributed by atoms with van der Waals surface area (Å²) in [7, 11) is 2.09. The van der Waals surface area contributed by atoms with Gasteiger partial charge in [0.2, 0.25) is 0 Å². The summed E-state index contributed by atoms with van der Waals surface area (Å²) in [6, 6.07) is 5.63. The average molecular weight is 369 g/mol. The minimum atomic E-state index is -0.346. The lowest BCUT2D eigenvalue weighted by atomic mass is 9.71. The van der Waals surface area contributed by atoms with Crippen LogP contribution in [0.15, 0.2) is 30.6 Å². The minimum Gasteiger partial charge on any atom is -0.392 e. The number of carbonyl (C=O) groups excluding carboxylic acids is 1. The summed E-state index contributed by atoms with van der Waals surface area (Å²) in [4.78, 5) is 21.7. The average Bonchev–Trinajstić information content (AvgIpc) is 3.07. The molecule has 0 bridgehead atoms. The van der Waals surface area contributed by atoms with Crippen LogP contribution in [-0.2, 0) is 0 Å². The summed E-state index contributed by atoms with van der Waals surface area (Å²) < 4.78 is 1.70. The Morgan fingerprint density at radius 2 is 2.15 bits per heavy atom. The number of aliphatic hydroxyl groups is 1. The first-order chi connectivity index (χ1) is 13.0. The standard InChI is InChI=1S/C20H27N5O2/c1-15-16(12-22-25(15)18-6-3-4-9-21-18)19(27)24-10-5-8-20(14-24)13-23(2)11-7-17(20)26/h3-4,6,9,12,17,26H,5,7-8,10-11,13-14H2,1-2H3/t17-,20-/m0/s1. The van der Waals surface area contributed by atoms with E-state index in [1.165, 1.54) is 0 Å². The van der Waals surface area contributed by atoms with Crippen LogP contribution in [0.25, 0.3) is 5.82 Å². The number of amides is 1. The predicted molar refractivity (Wildman–Crippen MR) is 102 cm³/mol. The van der Waals surface area contributed by atoms with Gasteiger partial charge in [-0.25, -0.2) is 9.67 Å². The number of hydrogen-bond acceptors (Lipinski definition) is 5. The number of rotatable bonds is 2. The molecule has 2 saturated heterocycles. The van der Waals surface area contributed by atoms with E-state index in [1.807, 2.05) is 30.0 Å². The normalized spacial score (nSPS) is 26.5. The molecule has 2 aliphatic heterocycles. The topological polar surface area (TPSA) is 74.5 Å². The summed E-state index contributed by atoms with van der Waals surface area (Å²) in [5.41, 5.74) is 1.18. The molecule has 4 heterocycles. The minimum absolute atomic E-state index is 0.00539. The van der Waals surface area contributed by atoms with Crippen LogP contribution in [0.5, 0.6) is 0 Å². The van der Waals surface area contributed by atoms with Gasteiger partial charge in [0.1, 0.15) is 0 Å². The number of piperidine rings is 2. The van der Waals surface area contributed by atoms with Crippen molar-refractivity contribution in [2.24, 2.45) is 5.41 Å².